The number of aliphatic hydroxyl groups is 1. The number of carbonyl (C=O) groups excluding carboxylic acids is 2. The van der Waals surface area contributed by atoms with E-state index < -0.39 is 55.9 Å². The molecule has 12 nitrogen and oxygen atoms in total. The Kier molecular flexibility index (Phi) is 13.5. The first-order chi connectivity index (χ1) is 26.6. The first-order valence-electron chi connectivity index (χ1n) is 19.2. The molecule has 13 heteroatoms. The van der Waals surface area contributed by atoms with Gasteiger partial charge in [-0.1, -0.05) is 96.1 Å². The van der Waals surface area contributed by atoms with Crippen molar-refractivity contribution < 1.29 is 42.8 Å². The quantitative estimate of drug-likeness (QED) is 0.0857. The molecule has 3 aromatic rings. The van der Waals surface area contributed by atoms with Crippen LogP contribution in [0.4, 0.5) is 4.79 Å². The van der Waals surface area contributed by atoms with Gasteiger partial charge in [0.1, 0.15) is 42.2 Å². The average molecular weight is 790 g/mol. The topological polar surface area (TPSA) is 142 Å². The maximum absolute atomic E-state index is 13.9. The van der Waals surface area contributed by atoms with Gasteiger partial charge in [0.05, 0.1) is 20.8 Å². The second kappa shape index (κ2) is 17.6. The number of rotatable bonds is 17. The lowest BCUT2D eigenvalue weighted by Crippen LogP contribution is -2.66. The molecule has 0 radical (unpaired) electrons. The van der Waals surface area contributed by atoms with E-state index in [0.717, 1.165) is 21.6 Å². The van der Waals surface area contributed by atoms with Crippen molar-refractivity contribution in [3.63, 3.8) is 0 Å². The molecule has 0 bridgehead atoms. The van der Waals surface area contributed by atoms with Crippen LogP contribution in [0.1, 0.15) is 65.2 Å². The number of ketones is 1. The fourth-order valence-corrected chi connectivity index (χ4v) is 13.8. The van der Waals surface area contributed by atoms with Crippen molar-refractivity contribution in [2.75, 3.05) is 34.7 Å². The average Bonchev–Trinajstić information content (AvgIpc) is 3.49. The third kappa shape index (κ3) is 7.91. The van der Waals surface area contributed by atoms with Crippen LogP contribution in [0.5, 0.6) is 11.5 Å². The fourth-order valence-electron chi connectivity index (χ4n) is 8.50. The Hall–Kier alpha value is -4.08. The third-order valence-electron chi connectivity index (χ3n) is 11.6. The summed E-state index contributed by atoms with van der Waals surface area (Å²) in [5, 5.41) is 12.1. The van der Waals surface area contributed by atoms with E-state index in [1.54, 1.807) is 14.2 Å². The molecule has 1 unspecified atom stereocenters. The lowest BCUT2D eigenvalue weighted by atomic mass is 9.80. The minimum absolute atomic E-state index is 0.114. The predicted molar refractivity (Wildman–Crippen MR) is 217 cm³/mol. The molecule has 3 aromatic carbocycles. The maximum Gasteiger partial charge on any atom is 0.328 e. The van der Waals surface area contributed by atoms with Crippen LogP contribution in [0, 0.1) is 0 Å². The smallest absolute Gasteiger partial charge is 0.328 e. The van der Waals surface area contributed by atoms with Crippen molar-refractivity contribution >= 4 is 20.1 Å². The number of hydrogen-bond donors (Lipinski definition) is 2. The summed E-state index contributed by atoms with van der Waals surface area (Å²) >= 11 is 0. The van der Waals surface area contributed by atoms with Gasteiger partial charge in [-0.2, -0.15) is 0 Å². The molecule has 56 heavy (non-hydrogen) atoms. The molecular weight excluding hydrogens is 731 g/mol. The molecule has 5 rings (SSSR count). The summed E-state index contributed by atoms with van der Waals surface area (Å²) in [4.78, 5) is 29.0. The van der Waals surface area contributed by atoms with E-state index in [1.165, 1.54) is 31.1 Å². The number of benzene rings is 3. The molecule has 0 aliphatic carbocycles. The predicted octanol–water partition coefficient (Wildman–Crippen LogP) is 6.76. The number of likely N-dealkylation sites (N-methyl/N-ethyl adjacent to an activating group) is 1. The molecule has 304 valence electrons. The number of nitrogens with zero attached hydrogens (tertiary/aromatic N) is 2. The number of methoxy groups -OCH3 is 2. The van der Waals surface area contributed by atoms with E-state index in [4.69, 9.17) is 33.8 Å². The number of hydrogen-bond acceptors (Lipinski definition) is 10. The minimum Gasteiger partial charge on any atom is -0.497 e. The summed E-state index contributed by atoms with van der Waals surface area (Å²) in [6.45, 7) is 14.2. The zero-order valence-electron chi connectivity index (χ0n) is 34.3. The Labute approximate surface area is 332 Å². The van der Waals surface area contributed by atoms with Gasteiger partial charge >= 0.3 is 6.03 Å². The monoisotopic (exact) mass is 789 g/mol. The standard InChI is InChI=1S/C43H59N3O9Si/c1-28(2)56(29(3)4,30(5)6)54-27-52-39-38(48)37(55-40(39)46-25-24-42(44,31(7)47)45(8)41(46)49)26-53-43(32-14-12-11-13-15-32,33-16-20-35(50-9)21-17-33)34-18-22-36(51-10)23-19-34/h11-25,28-30,37-40,48H,26-27,44H2,1-10H3/t37-,38-,39-,40-,42?/m1/s1. The Balaban J connectivity index is 1.55. The van der Waals surface area contributed by atoms with Gasteiger partial charge in [-0.25, -0.2) is 4.79 Å². The van der Waals surface area contributed by atoms with Gasteiger partial charge in [0.25, 0.3) is 0 Å². The molecule has 1 saturated heterocycles. The first kappa shape index (κ1) is 43.0. The molecule has 2 aliphatic rings. The van der Waals surface area contributed by atoms with Crippen LogP contribution in [-0.2, 0) is 29.0 Å². The first-order valence-corrected chi connectivity index (χ1v) is 21.3. The van der Waals surface area contributed by atoms with Gasteiger partial charge in [0, 0.05) is 13.2 Å². The summed E-state index contributed by atoms with van der Waals surface area (Å²) in [6, 6.07) is 24.5. The van der Waals surface area contributed by atoms with Crippen molar-refractivity contribution in [3.05, 3.63) is 108 Å². The molecule has 2 aliphatic heterocycles. The molecular formula is C43H59N3O9Si. The number of aliphatic hydroxyl groups excluding tert-OH is 1. The van der Waals surface area contributed by atoms with Crippen molar-refractivity contribution in [2.45, 2.75) is 101 Å². The number of nitrogens with two attached hydrogens (primary N) is 1. The Morgan fingerprint density at radius 3 is 1.84 bits per heavy atom. The van der Waals surface area contributed by atoms with Crippen LogP contribution in [0.25, 0.3) is 0 Å². The third-order valence-corrected chi connectivity index (χ3v) is 17.6. The Bertz CT molecular complexity index is 1740. The van der Waals surface area contributed by atoms with E-state index in [2.05, 4.69) is 41.5 Å². The normalized spacial score (nSPS) is 23.1. The van der Waals surface area contributed by atoms with Gasteiger partial charge in [-0.05, 0) is 70.6 Å². The maximum atomic E-state index is 13.9. The second-order valence-electron chi connectivity index (χ2n) is 15.5. The molecule has 5 atom stereocenters. The molecule has 0 aromatic heterocycles. The van der Waals surface area contributed by atoms with Gasteiger partial charge in [-0.15, -0.1) is 0 Å². The van der Waals surface area contributed by atoms with Crippen LogP contribution in [0.2, 0.25) is 16.6 Å². The van der Waals surface area contributed by atoms with E-state index >= 15 is 0 Å². The summed E-state index contributed by atoms with van der Waals surface area (Å²) in [6.07, 6.45) is -1.53. The largest absolute Gasteiger partial charge is 0.497 e. The Morgan fingerprint density at radius 1 is 0.875 bits per heavy atom. The molecule has 0 spiro atoms. The zero-order valence-corrected chi connectivity index (χ0v) is 35.3. The second-order valence-corrected chi connectivity index (χ2v) is 21.0. The van der Waals surface area contributed by atoms with Crippen LogP contribution in [-0.4, -0.2) is 99.9 Å². The summed E-state index contributed by atoms with van der Waals surface area (Å²) in [5.74, 6) is 0.954. The number of Topliss-reactive ketones (excluding diaryl/α,β-unsaturated/α-hetero) is 1. The summed E-state index contributed by atoms with van der Waals surface area (Å²) in [7, 11) is 2.31. The van der Waals surface area contributed by atoms with Crippen LogP contribution < -0.4 is 15.2 Å². The van der Waals surface area contributed by atoms with E-state index in [-0.39, 0.29) is 13.4 Å². The number of ether oxygens (including phenoxy) is 5. The molecule has 1 fully saturated rings. The van der Waals surface area contributed by atoms with E-state index in [9.17, 15) is 14.7 Å². The number of amides is 2. The van der Waals surface area contributed by atoms with Gasteiger partial charge in [0.2, 0.25) is 8.32 Å². The van der Waals surface area contributed by atoms with Crippen molar-refractivity contribution in [3.8, 4) is 11.5 Å². The van der Waals surface area contributed by atoms with Crippen molar-refractivity contribution in [1.29, 1.82) is 0 Å². The van der Waals surface area contributed by atoms with Crippen molar-refractivity contribution in [1.82, 2.24) is 9.80 Å². The highest BCUT2D eigenvalue weighted by Crippen LogP contribution is 2.44. The zero-order chi connectivity index (χ0) is 41.0. The SMILES string of the molecule is COc1ccc(C(OC[C@H]2O[C@@H](N3C=CC(N)(C(C)=O)N(C)C3=O)[C@H](OCO[Si](C(C)C)(C(C)C)C(C)C)[C@@H]2O)(c2ccccc2)c2ccc(OC)cc2)cc1. The van der Waals surface area contributed by atoms with Crippen LogP contribution in [0.3, 0.4) is 0 Å². The fraction of sp³-hybridized carbons (Fsp3) is 0.488. The molecule has 3 N–H and O–H groups in total. The van der Waals surface area contributed by atoms with E-state index in [1.807, 2.05) is 78.9 Å². The molecule has 0 saturated carbocycles. The summed E-state index contributed by atoms with van der Waals surface area (Å²) < 4.78 is 37.9. The number of urea groups is 1. The number of carbonyl (C=O) groups is 2. The van der Waals surface area contributed by atoms with Gasteiger partial charge < -0.3 is 33.2 Å². The highest BCUT2D eigenvalue weighted by Gasteiger charge is 2.53. The summed E-state index contributed by atoms with van der Waals surface area (Å²) in [5.41, 5.74) is 6.84. The van der Waals surface area contributed by atoms with Crippen molar-refractivity contribution in [2.24, 2.45) is 5.73 Å². The van der Waals surface area contributed by atoms with Gasteiger partial charge in [0.15, 0.2) is 17.7 Å². The lowest BCUT2D eigenvalue weighted by molar-refractivity contribution is -0.131. The highest BCUT2D eigenvalue weighted by molar-refractivity contribution is 6.77. The van der Waals surface area contributed by atoms with Crippen LogP contribution >= 0.6 is 0 Å². The van der Waals surface area contributed by atoms with Crippen LogP contribution in [0.15, 0.2) is 91.1 Å². The lowest BCUT2D eigenvalue weighted by Gasteiger charge is -2.43. The van der Waals surface area contributed by atoms with E-state index in [0.29, 0.717) is 28.1 Å². The molecule has 2 heterocycles. The Morgan fingerprint density at radius 2 is 1.38 bits per heavy atom. The minimum atomic E-state index is -2.37. The van der Waals surface area contributed by atoms with Gasteiger partial charge in [-0.3, -0.25) is 20.3 Å². The molecule has 2 amide bonds. The highest BCUT2D eigenvalue weighted by atomic mass is 28.4.